The molecule has 6 nitrogen and oxygen atoms in total. The van der Waals surface area contributed by atoms with Crippen LogP contribution in [-0.4, -0.2) is 31.8 Å². The third-order valence-electron chi connectivity index (χ3n) is 7.01. The molecule has 0 aromatic heterocycles. The minimum atomic E-state index is -2.10. The van der Waals surface area contributed by atoms with Crippen LogP contribution in [0, 0.1) is 6.57 Å². The molecule has 1 N–H and O–H groups in total. The van der Waals surface area contributed by atoms with Gasteiger partial charge in [-0.3, -0.25) is 4.79 Å². The normalized spacial score (nSPS) is 13.4. The first-order valence-electron chi connectivity index (χ1n) is 14.3. The van der Waals surface area contributed by atoms with Crippen molar-refractivity contribution in [2.24, 2.45) is 0 Å². The van der Waals surface area contributed by atoms with Crippen LogP contribution in [0.3, 0.4) is 0 Å². The Morgan fingerprint density at radius 1 is 0.902 bits per heavy atom. The summed E-state index contributed by atoms with van der Waals surface area (Å²) in [7, 11) is -2.10. The third-order valence-corrected chi connectivity index (χ3v) is 13.0. The van der Waals surface area contributed by atoms with Gasteiger partial charge >= 0.3 is 17.9 Å². The molecule has 0 saturated carbocycles. The summed E-state index contributed by atoms with van der Waals surface area (Å²) in [5, 5.41) is 2.84. The number of benzene rings is 2. The van der Waals surface area contributed by atoms with E-state index in [0.717, 1.165) is 16.9 Å². The highest BCUT2D eigenvalue weighted by Crippen LogP contribution is 2.42. The largest absolute Gasteiger partial charge is 0.543 e. The third kappa shape index (κ3) is 10.1. The van der Waals surface area contributed by atoms with Gasteiger partial charge in [0.2, 0.25) is 0 Å². The van der Waals surface area contributed by atoms with E-state index in [-0.39, 0.29) is 0 Å². The maximum atomic E-state index is 13.1. The Bertz CT molecular complexity index is 1230. The SMILES string of the molecule is [C-]#[N+][C@H](Cc1ccccc1)C(=O)NC(=C\c1ccc(O[Si](C(C)C)(C(C)C)C(C)C)cc1)/C=C/C(=O)OC(C)(C)C. The summed E-state index contributed by atoms with van der Waals surface area (Å²) in [5.41, 5.74) is 2.81. The standard InChI is InChI=1S/C34H46N2O4Si/c1-24(2)41(25(3)4,26(5)6)40-30-19-16-28(17-20-30)22-29(18-21-32(37)39-34(7,8)9)36-33(38)31(35-10)23-27-14-12-11-13-15-27/h11-22,24-26,31H,23H2,1-9H3,(H,36,38)/b21-18+,29-22-/t31-/m1/s1. The van der Waals surface area contributed by atoms with Crippen molar-refractivity contribution in [3.63, 3.8) is 0 Å². The van der Waals surface area contributed by atoms with Crippen molar-refractivity contribution >= 4 is 26.3 Å². The fraction of sp³-hybridized carbons (Fsp3) is 0.441. The molecule has 0 saturated heterocycles. The molecule has 2 rings (SSSR count). The number of amides is 1. The van der Waals surface area contributed by atoms with E-state index in [1.54, 1.807) is 26.8 Å². The van der Waals surface area contributed by atoms with E-state index >= 15 is 0 Å². The van der Waals surface area contributed by atoms with Gasteiger partial charge in [0.1, 0.15) is 11.4 Å². The molecule has 0 unspecified atom stereocenters. The van der Waals surface area contributed by atoms with E-state index in [9.17, 15) is 9.59 Å². The molecule has 2 aromatic rings. The minimum absolute atomic E-state index is 0.290. The molecule has 7 heteroatoms. The molecule has 0 fully saturated rings. The first-order chi connectivity index (χ1) is 19.2. The van der Waals surface area contributed by atoms with Crippen LogP contribution in [0.2, 0.25) is 16.6 Å². The van der Waals surface area contributed by atoms with Gasteiger partial charge in [-0.15, -0.1) is 0 Å². The fourth-order valence-electron chi connectivity index (χ4n) is 5.25. The lowest BCUT2D eigenvalue weighted by Crippen LogP contribution is -2.50. The Hall–Kier alpha value is -3.63. The maximum Gasteiger partial charge on any atom is 0.331 e. The number of hydrogen-bond acceptors (Lipinski definition) is 4. The van der Waals surface area contributed by atoms with Crippen molar-refractivity contribution in [3.8, 4) is 5.75 Å². The van der Waals surface area contributed by atoms with E-state index in [0.29, 0.717) is 28.7 Å². The molecular formula is C34H46N2O4Si. The van der Waals surface area contributed by atoms with E-state index in [1.807, 2.05) is 54.6 Å². The number of carbonyl (C=O) groups is 2. The number of hydrogen-bond donors (Lipinski definition) is 1. The fourth-order valence-corrected chi connectivity index (χ4v) is 10.5. The number of allylic oxidation sites excluding steroid dienone is 1. The molecule has 0 spiro atoms. The Balaban J connectivity index is 2.35. The van der Waals surface area contributed by atoms with Crippen LogP contribution in [0.1, 0.15) is 73.4 Å². The minimum Gasteiger partial charge on any atom is -0.543 e. The summed E-state index contributed by atoms with van der Waals surface area (Å²) in [6, 6.07) is 16.3. The predicted molar refractivity (Wildman–Crippen MR) is 170 cm³/mol. The van der Waals surface area contributed by atoms with Crippen molar-refractivity contribution in [2.45, 2.75) is 97.0 Å². The first-order valence-corrected chi connectivity index (χ1v) is 16.4. The maximum absolute atomic E-state index is 13.1. The van der Waals surface area contributed by atoms with Gasteiger partial charge in [0.05, 0.1) is 6.42 Å². The molecule has 0 aliphatic rings. The van der Waals surface area contributed by atoms with Crippen molar-refractivity contribution in [3.05, 3.63) is 95.0 Å². The average molecular weight is 575 g/mol. The van der Waals surface area contributed by atoms with Crippen LogP contribution in [-0.2, 0) is 20.7 Å². The van der Waals surface area contributed by atoms with Crippen molar-refractivity contribution in [2.75, 3.05) is 0 Å². The summed E-state index contributed by atoms with van der Waals surface area (Å²) in [4.78, 5) is 29.0. The van der Waals surface area contributed by atoms with Crippen LogP contribution < -0.4 is 9.74 Å². The second-order valence-electron chi connectivity index (χ2n) is 12.3. The molecule has 220 valence electrons. The summed E-state index contributed by atoms with van der Waals surface area (Å²) in [5.74, 6) is -0.133. The molecule has 0 heterocycles. The van der Waals surface area contributed by atoms with E-state index < -0.39 is 31.8 Å². The van der Waals surface area contributed by atoms with Gasteiger partial charge in [-0.05, 0) is 72.8 Å². The number of carbonyl (C=O) groups excluding carboxylic acids is 2. The molecule has 0 bridgehead atoms. The van der Waals surface area contributed by atoms with E-state index in [2.05, 4.69) is 51.7 Å². The van der Waals surface area contributed by atoms with Gasteiger partial charge in [0.25, 0.3) is 8.32 Å². The monoisotopic (exact) mass is 574 g/mol. The van der Waals surface area contributed by atoms with Crippen LogP contribution in [0.15, 0.2) is 72.4 Å². The van der Waals surface area contributed by atoms with Crippen LogP contribution in [0.5, 0.6) is 5.75 Å². The number of rotatable bonds is 12. The zero-order valence-corrected chi connectivity index (χ0v) is 27.0. The van der Waals surface area contributed by atoms with Gasteiger partial charge in [0, 0.05) is 11.8 Å². The second kappa shape index (κ2) is 14.8. The average Bonchev–Trinajstić information content (AvgIpc) is 2.88. The van der Waals surface area contributed by atoms with Gasteiger partial charge in [-0.25, -0.2) is 11.4 Å². The van der Waals surface area contributed by atoms with Crippen molar-refractivity contribution < 1.29 is 18.8 Å². The van der Waals surface area contributed by atoms with Crippen LogP contribution in [0.25, 0.3) is 10.9 Å². The smallest absolute Gasteiger partial charge is 0.331 e. The molecule has 0 aliphatic carbocycles. The Morgan fingerprint density at radius 3 is 1.95 bits per heavy atom. The van der Waals surface area contributed by atoms with Crippen LogP contribution in [0.4, 0.5) is 0 Å². The number of nitrogens with one attached hydrogen (secondary N) is 1. The van der Waals surface area contributed by atoms with E-state index in [4.69, 9.17) is 15.7 Å². The Kier molecular flexibility index (Phi) is 12.2. The molecule has 41 heavy (non-hydrogen) atoms. The summed E-state index contributed by atoms with van der Waals surface area (Å²) in [6.07, 6.45) is 4.85. The topological polar surface area (TPSA) is 69.0 Å². The summed E-state index contributed by atoms with van der Waals surface area (Å²) in [6.45, 7) is 26.5. The zero-order valence-electron chi connectivity index (χ0n) is 26.0. The first kappa shape index (κ1) is 33.6. The number of ether oxygens (including phenoxy) is 1. The zero-order chi connectivity index (χ0) is 30.8. The number of nitrogens with zero attached hydrogens (tertiary/aromatic N) is 1. The highest BCUT2D eigenvalue weighted by molar-refractivity contribution is 6.78. The van der Waals surface area contributed by atoms with Gasteiger partial charge in [0.15, 0.2) is 0 Å². The quantitative estimate of drug-likeness (QED) is 0.0914. The molecule has 2 aromatic carbocycles. The molecule has 1 atom stereocenters. The van der Waals surface area contributed by atoms with Crippen molar-refractivity contribution in [1.29, 1.82) is 0 Å². The molecule has 0 radical (unpaired) electrons. The summed E-state index contributed by atoms with van der Waals surface area (Å²) >= 11 is 0. The lowest BCUT2D eigenvalue weighted by molar-refractivity contribution is -0.148. The number of esters is 1. The van der Waals surface area contributed by atoms with Gasteiger partial charge in [-0.2, -0.15) is 0 Å². The van der Waals surface area contributed by atoms with Gasteiger partial charge < -0.3 is 19.3 Å². The van der Waals surface area contributed by atoms with Crippen molar-refractivity contribution in [1.82, 2.24) is 5.32 Å². The highest BCUT2D eigenvalue weighted by Gasteiger charge is 2.46. The molecular weight excluding hydrogens is 528 g/mol. The van der Waals surface area contributed by atoms with Gasteiger partial charge in [-0.1, -0.05) is 84.0 Å². The van der Waals surface area contributed by atoms with E-state index in [1.165, 1.54) is 12.2 Å². The lowest BCUT2D eigenvalue weighted by Gasteiger charge is -2.42. The molecule has 0 aliphatic heterocycles. The second-order valence-corrected chi connectivity index (χ2v) is 17.7. The Labute approximate surface area is 247 Å². The molecule has 1 amide bonds. The lowest BCUT2D eigenvalue weighted by atomic mass is 10.1. The highest BCUT2D eigenvalue weighted by atomic mass is 28.4. The van der Waals surface area contributed by atoms with Crippen LogP contribution >= 0.6 is 0 Å². The summed E-state index contributed by atoms with van der Waals surface area (Å²) < 4.78 is 12.2. The Morgan fingerprint density at radius 2 is 1.46 bits per heavy atom. The predicted octanol–water partition coefficient (Wildman–Crippen LogP) is 8.13.